The van der Waals surface area contributed by atoms with Crippen molar-refractivity contribution in [3.05, 3.63) is 52.0 Å². The van der Waals surface area contributed by atoms with Crippen LogP contribution in [0.15, 0.2) is 41.3 Å². The fourth-order valence-electron chi connectivity index (χ4n) is 5.43. The van der Waals surface area contributed by atoms with Crippen LogP contribution in [0.2, 0.25) is 10.0 Å². The molecule has 2 aliphatic rings. The van der Waals surface area contributed by atoms with Crippen LogP contribution in [-0.4, -0.2) is 37.3 Å². The first-order chi connectivity index (χ1) is 17.8. The lowest BCUT2D eigenvalue weighted by atomic mass is 9.91. The number of nitrogens with one attached hydrogen (secondary N) is 1. The minimum Gasteiger partial charge on any atom is -0.490 e. The molecule has 9 heteroatoms. The Kier molecular flexibility index (Phi) is 9.79. The van der Waals surface area contributed by atoms with Gasteiger partial charge < -0.3 is 10.1 Å². The van der Waals surface area contributed by atoms with Gasteiger partial charge in [-0.25, -0.2) is 8.42 Å². The van der Waals surface area contributed by atoms with Gasteiger partial charge in [0.1, 0.15) is 0 Å². The first kappa shape index (κ1) is 28.2. The molecule has 0 unspecified atom stereocenters. The van der Waals surface area contributed by atoms with Crippen molar-refractivity contribution in [3.8, 4) is 5.75 Å². The summed E-state index contributed by atoms with van der Waals surface area (Å²) in [6.45, 7) is 2.45. The van der Waals surface area contributed by atoms with Gasteiger partial charge in [-0.15, -0.1) is 0 Å². The smallest absolute Gasteiger partial charge is 0.255 e. The van der Waals surface area contributed by atoms with Crippen molar-refractivity contribution in [1.29, 1.82) is 0 Å². The zero-order valence-electron chi connectivity index (χ0n) is 21.3. The van der Waals surface area contributed by atoms with Crippen LogP contribution in [0.25, 0.3) is 0 Å². The van der Waals surface area contributed by atoms with Crippen molar-refractivity contribution in [2.45, 2.75) is 94.5 Å². The molecule has 2 aromatic rings. The summed E-state index contributed by atoms with van der Waals surface area (Å²) < 4.78 is 35.1. The lowest BCUT2D eigenvalue weighted by molar-refractivity contribution is 0.102. The van der Waals surface area contributed by atoms with Gasteiger partial charge in [-0.1, -0.05) is 68.7 Å². The highest BCUT2D eigenvalue weighted by Crippen LogP contribution is 2.36. The van der Waals surface area contributed by atoms with Crippen molar-refractivity contribution in [3.63, 3.8) is 0 Å². The summed E-state index contributed by atoms with van der Waals surface area (Å²) in [6, 6.07) is 9.60. The lowest BCUT2D eigenvalue weighted by Gasteiger charge is -2.40. The van der Waals surface area contributed by atoms with Crippen LogP contribution >= 0.6 is 23.2 Å². The van der Waals surface area contributed by atoms with Crippen molar-refractivity contribution in [1.82, 2.24) is 4.31 Å². The number of hydrogen-bond acceptors (Lipinski definition) is 4. The van der Waals surface area contributed by atoms with Gasteiger partial charge in [-0.05, 0) is 68.5 Å². The maximum Gasteiger partial charge on any atom is 0.255 e. The van der Waals surface area contributed by atoms with E-state index in [1.165, 1.54) is 25.0 Å². The van der Waals surface area contributed by atoms with E-state index in [0.717, 1.165) is 57.8 Å². The Bertz CT molecular complexity index is 1130. The Hall–Kier alpha value is -1.80. The first-order valence-electron chi connectivity index (χ1n) is 13.4. The van der Waals surface area contributed by atoms with Crippen LogP contribution in [0, 0.1) is 0 Å². The second kappa shape index (κ2) is 12.8. The zero-order valence-corrected chi connectivity index (χ0v) is 23.7. The number of amides is 1. The molecule has 0 aliphatic heterocycles. The van der Waals surface area contributed by atoms with Gasteiger partial charge in [0.2, 0.25) is 10.0 Å². The van der Waals surface area contributed by atoms with Gasteiger partial charge in [0.05, 0.1) is 21.5 Å². The monoisotopic (exact) mass is 566 g/mol. The van der Waals surface area contributed by atoms with Crippen LogP contribution in [0.4, 0.5) is 5.69 Å². The molecule has 0 radical (unpaired) electrons. The molecule has 0 bridgehead atoms. The Morgan fingerprint density at radius 2 is 1.43 bits per heavy atom. The SMILES string of the molecule is CCCOc1c(Cl)cc(C(=O)Nc2ccc(S(=O)(=O)N(C3CCCCC3)C3CCCCC3)cc2)cc1Cl. The molecule has 1 N–H and O–H groups in total. The summed E-state index contributed by atoms with van der Waals surface area (Å²) in [7, 11) is -3.65. The van der Waals surface area contributed by atoms with Crippen molar-refractivity contribution in [2.75, 3.05) is 11.9 Å². The average Bonchev–Trinajstić information content (AvgIpc) is 2.90. The molecular formula is C28H36Cl2N2O4S. The van der Waals surface area contributed by atoms with E-state index in [0.29, 0.717) is 18.0 Å². The second-order valence-corrected chi connectivity index (χ2v) is 12.7. The predicted molar refractivity (Wildman–Crippen MR) is 149 cm³/mol. The van der Waals surface area contributed by atoms with Crippen LogP contribution in [0.5, 0.6) is 5.75 Å². The second-order valence-electron chi connectivity index (χ2n) is 10.0. The Balaban J connectivity index is 1.51. The number of nitrogens with zero attached hydrogens (tertiary/aromatic N) is 1. The zero-order chi connectivity index (χ0) is 26.4. The van der Waals surface area contributed by atoms with Gasteiger partial charge in [0, 0.05) is 23.3 Å². The molecule has 0 heterocycles. The number of carbonyl (C=O) groups is 1. The largest absolute Gasteiger partial charge is 0.490 e. The van der Waals surface area contributed by atoms with Crippen molar-refractivity contribution >= 4 is 44.8 Å². The van der Waals surface area contributed by atoms with Crippen LogP contribution in [0.3, 0.4) is 0 Å². The van der Waals surface area contributed by atoms with Crippen LogP contribution in [0.1, 0.15) is 87.9 Å². The molecule has 37 heavy (non-hydrogen) atoms. The van der Waals surface area contributed by atoms with E-state index < -0.39 is 15.9 Å². The number of sulfonamides is 1. The highest BCUT2D eigenvalue weighted by Gasteiger charge is 2.38. The van der Waals surface area contributed by atoms with Gasteiger partial charge in [0.15, 0.2) is 5.75 Å². The summed E-state index contributed by atoms with van der Waals surface area (Å²) in [5.41, 5.74) is 0.778. The number of carbonyl (C=O) groups excluding carboxylic acids is 1. The van der Waals surface area contributed by atoms with Crippen molar-refractivity contribution in [2.24, 2.45) is 0 Å². The standard InChI is InChI=1S/C28H36Cl2N2O4S/c1-2-17-36-27-25(29)18-20(19-26(27)30)28(33)31-21-13-15-24(16-14-21)37(34,35)32(22-9-5-3-6-10-22)23-11-7-4-8-12-23/h13-16,18-19,22-23H,2-12,17H2,1H3,(H,31,33). The van der Waals surface area contributed by atoms with E-state index in [-0.39, 0.29) is 32.6 Å². The number of hydrogen-bond donors (Lipinski definition) is 1. The fraction of sp³-hybridized carbons (Fsp3) is 0.536. The maximum atomic E-state index is 13.9. The molecule has 2 fully saturated rings. The molecule has 0 spiro atoms. The molecule has 6 nitrogen and oxygen atoms in total. The molecule has 2 aromatic carbocycles. The Morgan fingerprint density at radius 1 is 0.919 bits per heavy atom. The van der Waals surface area contributed by atoms with Gasteiger partial charge in [-0.2, -0.15) is 4.31 Å². The number of halogens is 2. The Morgan fingerprint density at radius 3 is 1.92 bits per heavy atom. The summed E-state index contributed by atoms with van der Waals surface area (Å²) in [6.07, 6.45) is 11.2. The topological polar surface area (TPSA) is 75.7 Å². The maximum absolute atomic E-state index is 13.9. The normalized spacial score (nSPS) is 17.6. The highest BCUT2D eigenvalue weighted by atomic mass is 35.5. The summed E-state index contributed by atoms with van der Waals surface area (Å²) >= 11 is 12.6. The number of ether oxygens (including phenoxy) is 1. The Labute approximate surface area is 230 Å². The quantitative estimate of drug-likeness (QED) is 0.337. The lowest BCUT2D eigenvalue weighted by Crippen LogP contribution is -2.48. The van der Waals surface area contributed by atoms with Gasteiger partial charge >= 0.3 is 0 Å². The van der Waals surface area contributed by atoms with Crippen LogP contribution < -0.4 is 10.1 Å². The molecule has 1 amide bonds. The minimum absolute atomic E-state index is 0.0694. The number of rotatable bonds is 9. The third-order valence-electron chi connectivity index (χ3n) is 7.27. The molecule has 0 aromatic heterocycles. The fourth-order valence-corrected chi connectivity index (χ4v) is 7.96. The summed E-state index contributed by atoms with van der Waals surface area (Å²) in [4.78, 5) is 13.1. The molecular weight excluding hydrogens is 531 g/mol. The van der Waals surface area contributed by atoms with Crippen LogP contribution in [-0.2, 0) is 10.0 Å². The average molecular weight is 568 g/mol. The summed E-state index contributed by atoms with van der Waals surface area (Å²) in [5.74, 6) is -0.0377. The molecule has 0 saturated heterocycles. The minimum atomic E-state index is -3.65. The number of anilines is 1. The van der Waals surface area contributed by atoms with Crippen molar-refractivity contribution < 1.29 is 17.9 Å². The van der Waals surface area contributed by atoms with E-state index in [9.17, 15) is 13.2 Å². The van der Waals surface area contributed by atoms with E-state index in [2.05, 4.69) is 5.32 Å². The molecule has 4 rings (SSSR count). The third-order valence-corrected chi connectivity index (χ3v) is 9.85. The van der Waals surface area contributed by atoms with E-state index >= 15 is 0 Å². The number of benzene rings is 2. The molecule has 0 atom stereocenters. The van der Waals surface area contributed by atoms with Gasteiger partial charge in [0.25, 0.3) is 5.91 Å². The highest BCUT2D eigenvalue weighted by molar-refractivity contribution is 7.89. The molecule has 2 saturated carbocycles. The molecule has 2 aliphatic carbocycles. The van der Waals surface area contributed by atoms with Gasteiger partial charge in [-0.3, -0.25) is 4.79 Å². The van der Waals surface area contributed by atoms with E-state index in [1.54, 1.807) is 24.3 Å². The first-order valence-corrected chi connectivity index (χ1v) is 15.6. The molecule has 202 valence electrons. The summed E-state index contributed by atoms with van der Waals surface area (Å²) in [5, 5.41) is 3.33. The third kappa shape index (κ3) is 6.80. The van der Waals surface area contributed by atoms with E-state index in [4.69, 9.17) is 27.9 Å². The van der Waals surface area contributed by atoms with E-state index in [1.807, 2.05) is 11.2 Å². The predicted octanol–water partition coefficient (Wildman–Crippen LogP) is 7.69.